The van der Waals surface area contributed by atoms with Gasteiger partial charge in [-0.25, -0.2) is 0 Å². The van der Waals surface area contributed by atoms with E-state index in [0.29, 0.717) is 5.75 Å². The van der Waals surface area contributed by atoms with Gasteiger partial charge in [0, 0.05) is 10.9 Å². The second-order valence-electron chi connectivity index (χ2n) is 4.93. The Bertz CT molecular complexity index is 398. The third-order valence-corrected chi connectivity index (χ3v) is 4.93. The highest BCUT2D eigenvalue weighted by Gasteiger charge is 2.23. The number of nitrogens with one attached hydrogen (secondary N) is 1. The van der Waals surface area contributed by atoms with Crippen molar-refractivity contribution in [2.75, 3.05) is 5.75 Å². The molecule has 0 aromatic heterocycles. The van der Waals surface area contributed by atoms with Gasteiger partial charge < -0.3 is 5.32 Å². The molecular weight excluding hydrogens is 278 g/mol. The summed E-state index contributed by atoms with van der Waals surface area (Å²) >= 11 is 7.90. The van der Waals surface area contributed by atoms with Gasteiger partial charge in [-0.1, -0.05) is 37.5 Å². The number of rotatable bonds is 4. The van der Waals surface area contributed by atoms with Gasteiger partial charge in [-0.2, -0.15) is 0 Å². The lowest BCUT2D eigenvalue weighted by Crippen LogP contribution is -2.41. The highest BCUT2D eigenvalue weighted by Crippen LogP contribution is 2.23. The SMILES string of the molecule is O=C(CSc1ccccc1)NC1CCCCCC1Cl. The molecule has 1 fully saturated rings. The van der Waals surface area contributed by atoms with Crippen LogP contribution in [0.2, 0.25) is 0 Å². The van der Waals surface area contributed by atoms with E-state index in [4.69, 9.17) is 11.6 Å². The van der Waals surface area contributed by atoms with Crippen molar-refractivity contribution in [3.63, 3.8) is 0 Å². The second kappa shape index (κ2) is 7.81. The Balaban J connectivity index is 1.77. The van der Waals surface area contributed by atoms with Crippen molar-refractivity contribution < 1.29 is 4.79 Å². The molecule has 2 unspecified atom stereocenters. The van der Waals surface area contributed by atoms with Crippen molar-refractivity contribution in [3.05, 3.63) is 30.3 Å². The summed E-state index contributed by atoms with van der Waals surface area (Å²) in [6.45, 7) is 0. The van der Waals surface area contributed by atoms with Gasteiger partial charge in [0.25, 0.3) is 0 Å². The Kier molecular flexibility index (Phi) is 6.05. The minimum absolute atomic E-state index is 0.0893. The highest BCUT2D eigenvalue weighted by molar-refractivity contribution is 8.00. The van der Waals surface area contributed by atoms with E-state index < -0.39 is 0 Å². The molecule has 0 spiro atoms. The molecule has 1 N–H and O–H groups in total. The molecule has 104 valence electrons. The molecule has 2 nitrogen and oxygen atoms in total. The Morgan fingerprint density at radius 2 is 1.95 bits per heavy atom. The molecule has 1 amide bonds. The molecule has 0 aliphatic heterocycles. The number of benzene rings is 1. The zero-order valence-electron chi connectivity index (χ0n) is 11.0. The van der Waals surface area contributed by atoms with Crippen LogP contribution in [0.15, 0.2) is 35.2 Å². The van der Waals surface area contributed by atoms with Crippen LogP contribution in [0.4, 0.5) is 0 Å². The minimum Gasteiger partial charge on any atom is -0.351 e. The van der Waals surface area contributed by atoms with Gasteiger partial charge in [0.15, 0.2) is 0 Å². The monoisotopic (exact) mass is 297 g/mol. The molecule has 1 aromatic rings. The molecule has 1 aliphatic rings. The predicted molar refractivity (Wildman–Crippen MR) is 81.8 cm³/mol. The summed E-state index contributed by atoms with van der Waals surface area (Å²) in [4.78, 5) is 13.1. The fourth-order valence-electron chi connectivity index (χ4n) is 2.34. The lowest BCUT2D eigenvalue weighted by molar-refractivity contribution is -0.119. The summed E-state index contributed by atoms with van der Waals surface area (Å²) in [6.07, 6.45) is 5.60. The van der Waals surface area contributed by atoms with Crippen LogP contribution >= 0.6 is 23.4 Å². The average molecular weight is 298 g/mol. The summed E-state index contributed by atoms with van der Waals surface area (Å²) < 4.78 is 0. The lowest BCUT2D eigenvalue weighted by Gasteiger charge is -2.21. The largest absolute Gasteiger partial charge is 0.351 e. The van der Waals surface area contributed by atoms with Gasteiger partial charge in [-0.3, -0.25) is 4.79 Å². The molecule has 0 bridgehead atoms. The van der Waals surface area contributed by atoms with Crippen molar-refractivity contribution in [3.8, 4) is 0 Å². The van der Waals surface area contributed by atoms with Crippen molar-refractivity contribution in [1.29, 1.82) is 0 Å². The molecule has 2 atom stereocenters. The van der Waals surface area contributed by atoms with E-state index in [1.165, 1.54) is 19.3 Å². The molecule has 4 heteroatoms. The first-order valence-corrected chi connectivity index (χ1v) is 8.29. The Morgan fingerprint density at radius 3 is 2.74 bits per heavy atom. The van der Waals surface area contributed by atoms with E-state index in [0.717, 1.165) is 17.7 Å². The van der Waals surface area contributed by atoms with E-state index in [2.05, 4.69) is 5.32 Å². The third-order valence-electron chi connectivity index (χ3n) is 3.39. The number of hydrogen-bond donors (Lipinski definition) is 1. The first kappa shape index (κ1) is 14.7. The number of hydrogen-bond acceptors (Lipinski definition) is 2. The fraction of sp³-hybridized carbons (Fsp3) is 0.533. The molecule has 1 aromatic carbocycles. The number of halogens is 1. The van der Waals surface area contributed by atoms with Crippen LogP contribution in [0.1, 0.15) is 32.1 Å². The summed E-state index contributed by atoms with van der Waals surface area (Å²) in [5.74, 6) is 0.552. The van der Waals surface area contributed by atoms with Gasteiger partial charge in [0.1, 0.15) is 0 Å². The zero-order chi connectivity index (χ0) is 13.5. The average Bonchev–Trinajstić information content (AvgIpc) is 2.63. The van der Waals surface area contributed by atoms with E-state index in [-0.39, 0.29) is 17.3 Å². The van der Waals surface area contributed by atoms with E-state index >= 15 is 0 Å². The Hall–Kier alpha value is -0.670. The standard InChI is InChI=1S/C15H20ClNOS/c16-13-9-5-2-6-10-14(13)17-15(18)11-19-12-7-3-1-4-8-12/h1,3-4,7-8,13-14H,2,5-6,9-11H2,(H,17,18). The maximum Gasteiger partial charge on any atom is 0.230 e. The minimum atomic E-state index is 0.0893. The molecule has 0 radical (unpaired) electrons. The van der Waals surface area contributed by atoms with Crippen LogP contribution in [0.3, 0.4) is 0 Å². The summed E-state index contributed by atoms with van der Waals surface area (Å²) in [6, 6.07) is 10.1. The molecule has 19 heavy (non-hydrogen) atoms. The number of amides is 1. The van der Waals surface area contributed by atoms with Crippen molar-refractivity contribution in [1.82, 2.24) is 5.32 Å². The third kappa shape index (κ3) is 5.07. The van der Waals surface area contributed by atoms with Crippen LogP contribution in [-0.2, 0) is 4.79 Å². The predicted octanol–water partition coefficient (Wildman–Crippen LogP) is 3.84. The van der Waals surface area contributed by atoms with Crippen molar-refractivity contribution >= 4 is 29.3 Å². The van der Waals surface area contributed by atoms with Crippen LogP contribution in [0.25, 0.3) is 0 Å². The first-order valence-electron chi connectivity index (χ1n) is 6.87. The topological polar surface area (TPSA) is 29.1 Å². The van der Waals surface area contributed by atoms with Crippen LogP contribution < -0.4 is 5.32 Å². The number of carbonyl (C=O) groups excluding carboxylic acids is 1. The zero-order valence-corrected chi connectivity index (χ0v) is 12.6. The molecule has 1 aliphatic carbocycles. The van der Waals surface area contributed by atoms with E-state index in [1.54, 1.807) is 11.8 Å². The molecule has 1 saturated carbocycles. The Morgan fingerprint density at radius 1 is 1.21 bits per heavy atom. The van der Waals surface area contributed by atoms with E-state index in [9.17, 15) is 4.79 Å². The summed E-state index contributed by atoms with van der Waals surface area (Å²) in [5.41, 5.74) is 0. The lowest BCUT2D eigenvalue weighted by atomic mass is 10.1. The quantitative estimate of drug-likeness (QED) is 0.520. The van der Waals surface area contributed by atoms with Gasteiger partial charge >= 0.3 is 0 Å². The Labute approximate surface area is 124 Å². The first-order chi connectivity index (χ1) is 9.25. The molecule has 0 saturated heterocycles. The van der Waals surface area contributed by atoms with Gasteiger partial charge in [0.05, 0.1) is 11.1 Å². The van der Waals surface area contributed by atoms with Gasteiger partial charge in [0.2, 0.25) is 5.91 Å². The highest BCUT2D eigenvalue weighted by atomic mass is 35.5. The van der Waals surface area contributed by atoms with Gasteiger partial charge in [-0.15, -0.1) is 23.4 Å². The van der Waals surface area contributed by atoms with Crippen molar-refractivity contribution in [2.24, 2.45) is 0 Å². The van der Waals surface area contributed by atoms with E-state index in [1.807, 2.05) is 30.3 Å². The number of carbonyl (C=O) groups is 1. The summed E-state index contributed by atoms with van der Waals surface area (Å²) in [7, 11) is 0. The number of thioether (sulfide) groups is 1. The summed E-state index contributed by atoms with van der Waals surface area (Å²) in [5, 5.41) is 3.18. The fourth-order valence-corrected chi connectivity index (χ4v) is 3.41. The molecule has 0 heterocycles. The van der Waals surface area contributed by atoms with Crippen LogP contribution in [-0.4, -0.2) is 23.1 Å². The molecular formula is C15H20ClNOS. The number of alkyl halides is 1. The molecule has 2 rings (SSSR count). The maximum absolute atomic E-state index is 12.0. The van der Waals surface area contributed by atoms with Crippen molar-refractivity contribution in [2.45, 2.75) is 48.4 Å². The van der Waals surface area contributed by atoms with Crippen LogP contribution in [0.5, 0.6) is 0 Å². The smallest absolute Gasteiger partial charge is 0.230 e. The van der Waals surface area contributed by atoms with Gasteiger partial charge in [-0.05, 0) is 25.0 Å². The maximum atomic E-state index is 12.0. The normalized spacial score (nSPS) is 23.6. The van der Waals surface area contributed by atoms with Crippen LogP contribution in [0, 0.1) is 0 Å². The second-order valence-corrected chi connectivity index (χ2v) is 6.54.